The Labute approximate surface area is 133 Å². The predicted octanol–water partition coefficient (Wildman–Crippen LogP) is 4.00. The van der Waals surface area contributed by atoms with Crippen molar-refractivity contribution in [1.29, 1.82) is 0 Å². The van der Waals surface area contributed by atoms with Gasteiger partial charge in [0.1, 0.15) is 5.69 Å². The first-order valence-electron chi connectivity index (χ1n) is 6.92. The summed E-state index contributed by atoms with van der Waals surface area (Å²) in [4.78, 5) is 14.0. The normalized spacial score (nSPS) is 10.9. The number of hydrogen-bond donors (Lipinski definition) is 0. The Morgan fingerprint density at radius 3 is 2.82 bits per heavy atom. The Morgan fingerprint density at radius 1 is 1.27 bits per heavy atom. The monoisotopic (exact) mass is 314 g/mol. The zero-order valence-electron chi connectivity index (χ0n) is 12.3. The molecule has 0 radical (unpaired) electrons. The first kappa shape index (κ1) is 14.6. The van der Waals surface area contributed by atoms with Gasteiger partial charge in [-0.1, -0.05) is 40.5 Å². The van der Waals surface area contributed by atoms with E-state index in [0.29, 0.717) is 22.0 Å². The second kappa shape index (κ2) is 5.81. The minimum atomic E-state index is -0.0928. The Morgan fingerprint density at radius 2 is 2.05 bits per heavy atom. The number of fused-ring (bicyclic) bond motifs is 1. The van der Waals surface area contributed by atoms with E-state index in [1.165, 1.54) is 0 Å². The van der Waals surface area contributed by atoms with Gasteiger partial charge in [-0.05, 0) is 31.2 Å². The molecule has 0 atom stereocenters. The number of aryl methyl sites for hydroxylation is 1. The molecule has 5 heteroatoms. The summed E-state index contributed by atoms with van der Waals surface area (Å²) in [6.45, 7) is 1.99. The molecule has 0 aliphatic carbocycles. The number of amides is 1. The maximum absolute atomic E-state index is 12.5. The number of nitrogens with zero attached hydrogens (tertiary/aromatic N) is 2. The van der Waals surface area contributed by atoms with E-state index in [-0.39, 0.29) is 12.3 Å². The van der Waals surface area contributed by atoms with Gasteiger partial charge in [-0.15, -0.1) is 0 Å². The minimum absolute atomic E-state index is 0.0928. The number of hydrogen-bond acceptors (Lipinski definition) is 3. The third kappa shape index (κ3) is 2.70. The summed E-state index contributed by atoms with van der Waals surface area (Å²) in [5.41, 5.74) is 3.11. The molecular formula is C17H15ClN2O2. The summed E-state index contributed by atoms with van der Waals surface area (Å²) in [6.07, 6.45) is 0.165. The molecule has 4 nitrogen and oxygen atoms in total. The van der Waals surface area contributed by atoms with Gasteiger partial charge < -0.3 is 9.42 Å². The summed E-state index contributed by atoms with van der Waals surface area (Å²) in [5, 5.41) is 5.44. The van der Waals surface area contributed by atoms with Crippen molar-refractivity contribution in [3.8, 4) is 0 Å². The zero-order chi connectivity index (χ0) is 15.7. The van der Waals surface area contributed by atoms with Gasteiger partial charge in [0.05, 0.1) is 17.1 Å². The Bertz CT molecular complexity index is 842. The first-order valence-corrected chi connectivity index (χ1v) is 7.30. The smallest absolute Gasteiger partial charge is 0.232 e. The highest BCUT2D eigenvalue weighted by Crippen LogP contribution is 2.26. The van der Waals surface area contributed by atoms with Crippen molar-refractivity contribution in [2.24, 2.45) is 0 Å². The Kier molecular flexibility index (Phi) is 3.86. The van der Waals surface area contributed by atoms with Crippen LogP contribution in [0.3, 0.4) is 0 Å². The lowest BCUT2D eigenvalue weighted by atomic mass is 10.1. The molecule has 0 fully saturated rings. The number of benzene rings is 2. The molecule has 3 aromatic rings. The topological polar surface area (TPSA) is 46.3 Å². The molecule has 0 spiro atoms. The summed E-state index contributed by atoms with van der Waals surface area (Å²) in [7, 11) is 1.71. The average Bonchev–Trinajstić information content (AvgIpc) is 2.89. The van der Waals surface area contributed by atoms with E-state index in [4.69, 9.17) is 16.1 Å². The maximum atomic E-state index is 12.5. The molecular weight excluding hydrogens is 300 g/mol. The van der Waals surface area contributed by atoms with Gasteiger partial charge in [-0.25, -0.2) is 0 Å². The molecule has 1 heterocycles. The molecule has 22 heavy (non-hydrogen) atoms. The molecule has 3 rings (SSSR count). The highest BCUT2D eigenvalue weighted by Gasteiger charge is 2.18. The van der Waals surface area contributed by atoms with Crippen LogP contribution >= 0.6 is 11.6 Å². The number of para-hydroxylation sites is 1. The fourth-order valence-corrected chi connectivity index (χ4v) is 2.61. The van der Waals surface area contributed by atoms with Crippen LogP contribution in [0.4, 0.5) is 5.69 Å². The van der Waals surface area contributed by atoms with E-state index in [1.807, 2.05) is 43.3 Å². The van der Waals surface area contributed by atoms with Crippen molar-refractivity contribution >= 4 is 34.2 Å². The van der Waals surface area contributed by atoms with Crippen LogP contribution in [0, 0.1) is 6.92 Å². The minimum Gasteiger partial charge on any atom is -0.356 e. The molecule has 112 valence electrons. The molecule has 2 aromatic carbocycles. The summed E-state index contributed by atoms with van der Waals surface area (Å²) >= 11 is 6.13. The van der Waals surface area contributed by atoms with Crippen LogP contribution in [0.2, 0.25) is 5.02 Å². The number of aromatic nitrogens is 1. The van der Waals surface area contributed by atoms with Crippen molar-refractivity contribution in [2.45, 2.75) is 13.3 Å². The fourth-order valence-electron chi connectivity index (χ4n) is 2.35. The summed E-state index contributed by atoms with van der Waals surface area (Å²) < 4.78 is 5.27. The molecule has 0 aliphatic heterocycles. The lowest BCUT2D eigenvalue weighted by Crippen LogP contribution is -2.28. The van der Waals surface area contributed by atoms with Gasteiger partial charge in [-0.2, -0.15) is 0 Å². The predicted molar refractivity (Wildman–Crippen MR) is 87.3 cm³/mol. The number of anilines is 1. The molecule has 1 aromatic heterocycles. The third-order valence-electron chi connectivity index (χ3n) is 3.61. The molecule has 0 saturated carbocycles. The van der Waals surface area contributed by atoms with E-state index in [9.17, 15) is 4.79 Å². The van der Waals surface area contributed by atoms with Gasteiger partial charge in [0.15, 0.2) is 5.58 Å². The van der Waals surface area contributed by atoms with Crippen LogP contribution in [0.25, 0.3) is 11.0 Å². The van der Waals surface area contributed by atoms with Gasteiger partial charge in [-0.3, -0.25) is 4.79 Å². The SMILES string of the molecule is Cc1ccc2onc(CC(=O)N(C)c3ccccc3Cl)c2c1. The molecule has 0 unspecified atom stereocenters. The number of carbonyl (C=O) groups excluding carboxylic acids is 1. The van der Waals surface area contributed by atoms with E-state index < -0.39 is 0 Å². The second-order valence-corrected chi connectivity index (χ2v) is 5.62. The van der Waals surface area contributed by atoms with Gasteiger partial charge in [0, 0.05) is 12.4 Å². The highest BCUT2D eigenvalue weighted by molar-refractivity contribution is 6.33. The molecule has 0 aliphatic rings. The van der Waals surface area contributed by atoms with Crippen LogP contribution in [-0.2, 0) is 11.2 Å². The largest absolute Gasteiger partial charge is 0.356 e. The van der Waals surface area contributed by atoms with E-state index >= 15 is 0 Å². The molecule has 1 amide bonds. The van der Waals surface area contributed by atoms with Crippen LogP contribution in [-0.4, -0.2) is 18.1 Å². The van der Waals surface area contributed by atoms with Gasteiger partial charge in [0.2, 0.25) is 5.91 Å². The number of rotatable bonds is 3. The van der Waals surface area contributed by atoms with Crippen molar-refractivity contribution in [2.75, 3.05) is 11.9 Å². The number of halogens is 1. The quantitative estimate of drug-likeness (QED) is 0.734. The Balaban J connectivity index is 1.87. The van der Waals surface area contributed by atoms with E-state index in [0.717, 1.165) is 10.9 Å². The molecule has 0 saturated heterocycles. The van der Waals surface area contributed by atoms with Crippen molar-refractivity contribution in [1.82, 2.24) is 5.16 Å². The van der Waals surface area contributed by atoms with Crippen LogP contribution in [0.5, 0.6) is 0 Å². The van der Waals surface area contributed by atoms with Crippen molar-refractivity contribution in [3.63, 3.8) is 0 Å². The fraction of sp³-hybridized carbons (Fsp3) is 0.176. The standard InChI is InChI=1S/C17H15ClN2O2/c1-11-7-8-16-12(9-11)14(19-22-16)10-17(21)20(2)15-6-4-3-5-13(15)18/h3-9H,10H2,1-2H3. The summed E-state index contributed by atoms with van der Waals surface area (Å²) in [5.74, 6) is -0.0928. The average molecular weight is 315 g/mol. The first-order chi connectivity index (χ1) is 10.6. The second-order valence-electron chi connectivity index (χ2n) is 5.21. The Hall–Kier alpha value is -2.33. The van der Waals surface area contributed by atoms with Crippen LogP contribution in [0.15, 0.2) is 47.0 Å². The third-order valence-corrected chi connectivity index (χ3v) is 3.93. The van der Waals surface area contributed by atoms with Gasteiger partial charge >= 0.3 is 0 Å². The van der Waals surface area contributed by atoms with Crippen LogP contribution < -0.4 is 4.90 Å². The van der Waals surface area contributed by atoms with E-state index in [1.54, 1.807) is 18.0 Å². The summed E-state index contributed by atoms with van der Waals surface area (Å²) in [6, 6.07) is 13.0. The highest BCUT2D eigenvalue weighted by atomic mass is 35.5. The lowest BCUT2D eigenvalue weighted by molar-refractivity contribution is -0.117. The van der Waals surface area contributed by atoms with Gasteiger partial charge in [0.25, 0.3) is 0 Å². The van der Waals surface area contributed by atoms with E-state index in [2.05, 4.69) is 5.16 Å². The van der Waals surface area contributed by atoms with Crippen molar-refractivity contribution in [3.05, 3.63) is 58.7 Å². The molecule has 0 N–H and O–H groups in total. The maximum Gasteiger partial charge on any atom is 0.232 e. The zero-order valence-corrected chi connectivity index (χ0v) is 13.1. The number of likely N-dealkylation sites (N-methyl/N-ethyl adjacent to an activating group) is 1. The van der Waals surface area contributed by atoms with Crippen LogP contribution in [0.1, 0.15) is 11.3 Å². The lowest BCUT2D eigenvalue weighted by Gasteiger charge is -2.18. The molecule has 0 bridgehead atoms. The number of carbonyl (C=O) groups is 1. The van der Waals surface area contributed by atoms with Crippen molar-refractivity contribution < 1.29 is 9.32 Å².